The van der Waals surface area contributed by atoms with E-state index in [4.69, 9.17) is 9.47 Å². The zero-order valence-corrected chi connectivity index (χ0v) is 12.5. The van der Waals surface area contributed by atoms with Crippen LogP contribution in [0, 0.1) is 13.8 Å². The first-order valence-corrected chi connectivity index (χ1v) is 6.88. The van der Waals surface area contributed by atoms with E-state index in [2.05, 4.69) is 39.8 Å². The topological polar surface area (TPSA) is 18.5 Å². The Morgan fingerprint density at radius 3 is 2.06 bits per heavy atom. The lowest BCUT2D eigenvalue weighted by Crippen LogP contribution is -2.16. The first-order valence-electron chi connectivity index (χ1n) is 6.88. The molecule has 1 aromatic rings. The average Bonchev–Trinajstić information content (AvgIpc) is 2.27. The molecule has 0 saturated carbocycles. The highest BCUT2D eigenvalue weighted by Gasteiger charge is 2.12. The van der Waals surface area contributed by atoms with Crippen molar-refractivity contribution < 1.29 is 9.47 Å². The number of hydrogen-bond acceptors (Lipinski definition) is 2. The molecule has 18 heavy (non-hydrogen) atoms. The van der Waals surface area contributed by atoms with Gasteiger partial charge in [-0.1, -0.05) is 13.8 Å². The standard InChI is InChI=1S/C16H26O2/c1-7-11(3)16-12(4)9-15(10-13(16)5)18-14(6)17-8-2/h9-11,14H,7-8H2,1-6H3. The Morgan fingerprint density at radius 1 is 1.06 bits per heavy atom. The van der Waals surface area contributed by atoms with Gasteiger partial charge in [-0.3, -0.25) is 0 Å². The maximum absolute atomic E-state index is 5.76. The molecule has 0 aromatic heterocycles. The van der Waals surface area contributed by atoms with Gasteiger partial charge < -0.3 is 9.47 Å². The van der Waals surface area contributed by atoms with Crippen LogP contribution in [0.15, 0.2) is 12.1 Å². The van der Waals surface area contributed by atoms with Crippen LogP contribution in [0.2, 0.25) is 0 Å². The fourth-order valence-electron chi connectivity index (χ4n) is 2.44. The minimum absolute atomic E-state index is 0.191. The predicted octanol–water partition coefficient (Wildman–Crippen LogP) is 4.58. The monoisotopic (exact) mass is 250 g/mol. The summed E-state index contributed by atoms with van der Waals surface area (Å²) in [5.41, 5.74) is 4.07. The summed E-state index contributed by atoms with van der Waals surface area (Å²) in [6.07, 6.45) is 0.972. The van der Waals surface area contributed by atoms with Gasteiger partial charge in [0.25, 0.3) is 0 Å². The maximum atomic E-state index is 5.76. The molecule has 2 nitrogen and oxygen atoms in total. The zero-order valence-electron chi connectivity index (χ0n) is 12.5. The molecule has 0 saturated heterocycles. The van der Waals surface area contributed by atoms with Gasteiger partial charge in [-0.15, -0.1) is 0 Å². The van der Waals surface area contributed by atoms with Crippen LogP contribution in [0.25, 0.3) is 0 Å². The molecule has 0 bridgehead atoms. The molecule has 0 radical (unpaired) electrons. The fourth-order valence-corrected chi connectivity index (χ4v) is 2.44. The van der Waals surface area contributed by atoms with Gasteiger partial charge in [-0.25, -0.2) is 0 Å². The number of benzene rings is 1. The van der Waals surface area contributed by atoms with Gasteiger partial charge in [0.1, 0.15) is 5.75 Å². The quantitative estimate of drug-likeness (QED) is 0.688. The van der Waals surface area contributed by atoms with Gasteiger partial charge in [-0.05, 0) is 68.9 Å². The first-order chi connectivity index (χ1) is 8.49. The zero-order chi connectivity index (χ0) is 13.7. The van der Waals surface area contributed by atoms with Crippen LogP contribution in [0.3, 0.4) is 0 Å². The number of rotatable bonds is 6. The van der Waals surface area contributed by atoms with E-state index in [1.165, 1.54) is 16.7 Å². The molecular weight excluding hydrogens is 224 g/mol. The SMILES string of the molecule is CCOC(C)Oc1cc(C)c(C(C)CC)c(C)c1. The van der Waals surface area contributed by atoms with E-state index in [9.17, 15) is 0 Å². The van der Waals surface area contributed by atoms with Crippen LogP contribution in [-0.2, 0) is 4.74 Å². The van der Waals surface area contributed by atoms with Gasteiger partial charge in [0.15, 0.2) is 6.29 Å². The van der Waals surface area contributed by atoms with E-state index >= 15 is 0 Å². The van der Waals surface area contributed by atoms with Crippen molar-refractivity contribution in [2.75, 3.05) is 6.61 Å². The third kappa shape index (κ3) is 3.74. The van der Waals surface area contributed by atoms with Crippen LogP contribution in [0.5, 0.6) is 5.75 Å². The molecule has 2 atom stereocenters. The summed E-state index contributed by atoms with van der Waals surface area (Å²) in [7, 11) is 0. The van der Waals surface area contributed by atoms with Crippen molar-refractivity contribution in [3.05, 3.63) is 28.8 Å². The Hall–Kier alpha value is -1.02. The molecule has 1 aromatic carbocycles. The lowest BCUT2D eigenvalue weighted by molar-refractivity contribution is -0.0613. The Morgan fingerprint density at radius 2 is 1.61 bits per heavy atom. The van der Waals surface area contributed by atoms with Crippen LogP contribution in [0.4, 0.5) is 0 Å². The molecule has 102 valence electrons. The largest absolute Gasteiger partial charge is 0.465 e. The van der Waals surface area contributed by atoms with Crippen molar-refractivity contribution in [2.45, 2.75) is 60.2 Å². The van der Waals surface area contributed by atoms with Gasteiger partial charge in [0.2, 0.25) is 0 Å². The number of ether oxygens (including phenoxy) is 2. The maximum Gasteiger partial charge on any atom is 0.196 e. The summed E-state index contributed by atoms with van der Waals surface area (Å²) in [4.78, 5) is 0. The van der Waals surface area contributed by atoms with E-state index < -0.39 is 0 Å². The summed E-state index contributed by atoms with van der Waals surface area (Å²) in [5, 5.41) is 0. The lowest BCUT2D eigenvalue weighted by atomic mass is 9.90. The van der Waals surface area contributed by atoms with Crippen LogP contribution < -0.4 is 4.74 Å². The summed E-state index contributed by atoms with van der Waals surface area (Å²) in [5.74, 6) is 1.50. The Kier molecular flexibility index (Phi) is 5.67. The molecule has 0 aliphatic carbocycles. The molecule has 0 aliphatic heterocycles. The van der Waals surface area contributed by atoms with E-state index in [0.717, 1.165) is 12.2 Å². The first kappa shape index (κ1) is 15.0. The van der Waals surface area contributed by atoms with Gasteiger partial charge in [-0.2, -0.15) is 0 Å². The molecule has 0 spiro atoms. The second kappa shape index (κ2) is 6.79. The third-order valence-corrected chi connectivity index (χ3v) is 3.38. The van der Waals surface area contributed by atoms with Gasteiger partial charge in [0.05, 0.1) is 0 Å². The van der Waals surface area contributed by atoms with Crippen molar-refractivity contribution in [1.82, 2.24) is 0 Å². The Labute approximate surface area is 111 Å². The van der Waals surface area contributed by atoms with Crippen LogP contribution >= 0.6 is 0 Å². The summed E-state index contributed by atoms with van der Waals surface area (Å²) < 4.78 is 11.2. The van der Waals surface area contributed by atoms with Crippen molar-refractivity contribution >= 4 is 0 Å². The van der Waals surface area contributed by atoms with Crippen molar-refractivity contribution in [2.24, 2.45) is 0 Å². The Bertz CT molecular complexity index is 362. The molecule has 0 amide bonds. The highest BCUT2D eigenvalue weighted by molar-refractivity contribution is 5.42. The van der Waals surface area contributed by atoms with Gasteiger partial charge in [0, 0.05) is 6.61 Å². The molecule has 0 aliphatic rings. The molecule has 0 heterocycles. The summed E-state index contributed by atoms with van der Waals surface area (Å²) >= 11 is 0. The number of hydrogen-bond donors (Lipinski definition) is 0. The molecule has 2 heteroatoms. The number of aryl methyl sites for hydroxylation is 2. The fraction of sp³-hybridized carbons (Fsp3) is 0.625. The lowest BCUT2D eigenvalue weighted by Gasteiger charge is -2.20. The Balaban J connectivity index is 2.92. The highest BCUT2D eigenvalue weighted by Crippen LogP contribution is 2.30. The normalized spacial score (nSPS) is 14.3. The minimum atomic E-state index is -0.191. The summed E-state index contributed by atoms with van der Waals surface area (Å²) in [6.45, 7) is 13.4. The smallest absolute Gasteiger partial charge is 0.196 e. The minimum Gasteiger partial charge on any atom is -0.465 e. The summed E-state index contributed by atoms with van der Waals surface area (Å²) in [6, 6.07) is 4.23. The van der Waals surface area contributed by atoms with Crippen molar-refractivity contribution in [1.29, 1.82) is 0 Å². The van der Waals surface area contributed by atoms with Crippen molar-refractivity contribution in [3.63, 3.8) is 0 Å². The van der Waals surface area contributed by atoms with E-state index in [-0.39, 0.29) is 6.29 Å². The molecule has 0 N–H and O–H groups in total. The van der Waals surface area contributed by atoms with E-state index in [1.54, 1.807) is 0 Å². The third-order valence-electron chi connectivity index (χ3n) is 3.38. The van der Waals surface area contributed by atoms with E-state index in [1.807, 2.05) is 13.8 Å². The second-order valence-corrected chi connectivity index (χ2v) is 4.92. The molecule has 0 fully saturated rings. The highest BCUT2D eigenvalue weighted by atomic mass is 16.7. The second-order valence-electron chi connectivity index (χ2n) is 4.92. The molecule has 1 rings (SSSR count). The van der Waals surface area contributed by atoms with Crippen molar-refractivity contribution in [3.8, 4) is 5.75 Å². The molecular formula is C16H26O2. The van der Waals surface area contributed by atoms with E-state index in [0.29, 0.717) is 12.5 Å². The average molecular weight is 250 g/mol. The van der Waals surface area contributed by atoms with Gasteiger partial charge >= 0.3 is 0 Å². The predicted molar refractivity (Wildman–Crippen MR) is 76.3 cm³/mol. The molecule has 2 unspecified atom stereocenters. The van der Waals surface area contributed by atoms with Crippen LogP contribution in [0.1, 0.15) is 56.7 Å². The van der Waals surface area contributed by atoms with Crippen LogP contribution in [-0.4, -0.2) is 12.9 Å².